The van der Waals surface area contributed by atoms with Crippen LogP contribution in [0.1, 0.15) is 12.0 Å². The van der Waals surface area contributed by atoms with Gasteiger partial charge in [-0.05, 0) is 30.5 Å². The molecule has 0 unspecified atom stereocenters. The molecule has 5 nitrogen and oxygen atoms in total. The van der Waals surface area contributed by atoms with Gasteiger partial charge < -0.3 is 15.8 Å². The first-order valence-corrected chi connectivity index (χ1v) is 7.82. The number of hydrogen-bond acceptors (Lipinski definition) is 3. The first kappa shape index (κ1) is 20.1. The van der Waals surface area contributed by atoms with E-state index in [1.54, 1.807) is 12.1 Å². The van der Waals surface area contributed by atoms with Crippen LogP contribution >= 0.6 is 24.0 Å². The van der Waals surface area contributed by atoms with Crippen LogP contribution in [0.4, 0.5) is 4.39 Å². The molecule has 0 spiro atoms. The number of ether oxygens (including phenoxy) is 1. The first-order valence-electron chi connectivity index (χ1n) is 7.82. The molecule has 2 rings (SSSR count). The van der Waals surface area contributed by atoms with E-state index in [4.69, 9.17) is 10.5 Å². The standard InChI is InChI=1S/C16H25FN4O.HI/c17-15-4-2-14(3-5-15)6-8-20-16(18)19-7-1-9-21-10-12-22-13-11-21;/h2-5H,1,6-13H2,(H3,18,19,20);1H. The fraction of sp³-hybridized carbons (Fsp3) is 0.562. The summed E-state index contributed by atoms with van der Waals surface area (Å²) >= 11 is 0. The van der Waals surface area contributed by atoms with Gasteiger partial charge in [-0.1, -0.05) is 12.1 Å². The second-order valence-corrected chi connectivity index (χ2v) is 5.38. The minimum absolute atomic E-state index is 0. The van der Waals surface area contributed by atoms with Crippen molar-refractivity contribution in [3.05, 3.63) is 35.6 Å². The molecule has 1 aromatic rings. The second-order valence-electron chi connectivity index (χ2n) is 5.38. The van der Waals surface area contributed by atoms with Crippen LogP contribution in [0.2, 0.25) is 0 Å². The monoisotopic (exact) mass is 436 g/mol. The summed E-state index contributed by atoms with van der Waals surface area (Å²) in [5, 5.41) is 3.08. The van der Waals surface area contributed by atoms with E-state index in [9.17, 15) is 4.39 Å². The maximum Gasteiger partial charge on any atom is 0.188 e. The molecular weight excluding hydrogens is 410 g/mol. The predicted octanol–water partition coefficient (Wildman–Crippen LogP) is 1.61. The average molecular weight is 436 g/mol. The highest BCUT2D eigenvalue weighted by Crippen LogP contribution is 2.02. The van der Waals surface area contributed by atoms with Crippen LogP contribution in [0.5, 0.6) is 0 Å². The van der Waals surface area contributed by atoms with Gasteiger partial charge >= 0.3 is 0 Å². The van der Waals surface area contributed by atoms with Gasteiger partial charge in [-0.3, -0.25) is 9.89 Å². The Balaban J connectivity index is 0.00000264. The van der Waals surface area contributed by atoms with Crippen molar-refractivity contribution in [2.75, 3.05) is 45.9 Å². The highest BCUT2D eigenvalue weighted by atomic mass is 127. The van der Waals surface area contributed by atoms with Crippen molar-refractivity contribution in [3.8, 4) is 0 Å². The fourth-order valence-electron chi connectivity index (χ4n) is 2.36. The van der Waals surface area contributed by atoms with Crippen molar-refractivity contribution in [2.24, 2.45) is 10.7 Å². The zero-order chi connectivity index (χ0) is 15.6. The van der Waals surface area contributed by atoms with Crippen molar-refractivity contribution < 1.29 is 9.13 Å². The normalized spacial score (nSPS) is 16.0. The Bertz CT molecular complexity index is 464. The number of halogens is 2. The molecule has 23 heavy (non-hydrogen) atoms. The molecule has 0 aliphatic carbocycles. The van der Waals surface area contributed by atoms with Crippen LogP contribution in [0, 0.1) is 5.82 Å². The lowest BCUT2D eigenvalue weighted by atomic mass is 10.1. The lowest BCUT2D eigenvalue weighted by molar-refractivity contribution is 0.0377. The van der Waals surface area contributed by atoms with Gasteiger partial charge in [0.1, 0.15) is 5.82 Å². The van der Waals surface area contributed by atoms with Gasteiger partial charge in [0.05, 0.1) is 13.2 Å². The fourth-order valence-corrected chi connectivity index (χ4v) is 2.36. The third-order valence-corrected chi connectivity index (χ3v) is 3.65. The van der Waals surface area contributed by atoms with Gasteiger partial charge in [-0.25, -0.2) is 4.39 Å². The molecule has 1 aromatic carbocycles. The van der Waals surface area contributed by atoms with E-state index >= 15 is 0 Å². The number of benzene rings is 1. The molecule has 1 saturated heterocycles. The van der Waals surface area contributed by atoms with Crippen LogP contribution in [0.15, 0.2) is 29.3 Å². The van der Waals surface area contributed by atoms with Crippen LogP contribution in [-0.4, -0.2) is 56.8 Å². The largest absolute Gasteiger partial charge is 0.379 e. The molecule has 0 amide bonds. The molecule has 0 atom stereocenters. The lowest BCUT2D eigenvalue weighted by Crippen LogP contribution is -2.37. The highest BCUT2D eigenvalue weighted by Gasteiger charge is 2.08. The Hall–Kier alpha value is -0.930. The van der Waals surface area contributed by atoms with Crippen LogP contribution in [-0.2, 0) is 11.2 Å². The van der Waals surface area contributed by atoms with Crippen molar-refractivity contribution in [1.82, 2.24) is 10.2 Å². The zero-order valence-corrected chi connectivity index (χ0v) is 15.7. The molecule has 0 saturated carbocycles. The summed E-state index contributed by atoms with van der Waals surface area (Å²) in [6.07, 6.45) is 1.80. The maximum absolute atomic E-state index is 12.8. The van der Waals surface area contributed by atoms with Crippen molar-refractivity contribution >= 4 is 29.9 Å². The van der Waals surface area contributed by atoms with Crippen LogP contribution < -0.4 is 11.1 Å². The van der Waals surface area contributed by atoms with Gasteiger partial charge in [-0.15, -0.1) is 24.0 Å². The third-order valence-electron chi connectivity index (χ3n) is 3.65. The molecule has 1 fully saturated rings. The number of guanidine groups is 1. The summed E-state index contributed by atoms with van der Waals surface area (Å²) in [5.41, 5.74) is 6.90. The Morgan fingerprint density at radius 3 is 2.65 bits per heavy atom. The summed E-state index contributed by atoms with van der Waals surface area (Å²) in [6, 6.07) is 6.51. The molecule has 130 valence electrons. The Morgan fingerprint density at radius 2 is 1.96 bits per heavy atom. The third kappa shape index (κ3) is 8.47. The van der Waals surface area contributed by atoms with Crippen molar-refractivity contribution in [3.63, 3.8) is 0 Å². The highest BCUT2D eigenvalue weighted by molar-refractivity contribution is 14.0. The van der Waals surface area contributed by atoms with Crippen molar-refractivity contribution in [1.29, 1.82) is 0 Å². The molecular formula is C16H26FIN4O. The smallest absolute Gasteiger partial charge is 0.188 e. The number of rotatable bonds is 7. The van der Waals surface area contributed by atoms with E-state index < -0.39 is 0 Å². The van der Waals surface area contributed by atoms with E-state index in [-0.39, 0.29) is 29.8 Å². The summed E-state index contributed by atoms with van der Waals surface area (Å²) < 4.78 is 18.1. The number of nitrogens with one attached hydrogen (secondary N) is 1. The molecule has 3 N–H and O–H groups in total. The molecule has 1 aliphatic heterocycles. The molecule has 7 heteroatoms. The zero-order valence-electron chi connectivity index (χ0n) is 13.3. The summed E-state index contributed by atoms with van der Waals surface area (Å²) in [6.45, 7) is 6.14. The van der Waals surface area contributed by atoms with E-state index in [1.807, 2.05) is 0 Å². The van der Waals surface area contributed by atoms with E-state index in [1.165, 1.54) is 12.1 Å². The second kappa shape index (κ2) is 11.6. The topological polar surface area (TPSA) is 62.9 Å². The van der Waals surface area contributed by atoms with E-state index in [0.717, 1.165) is 57.8 Å². The van der Waals surface area contributed by atoms with Crippen LogP contribution in [0.3, 0.4) is 0 Å². The first-order chi connectivity index (χ1) is 10.7. The van der Waals surface area contributed by atoms with Gasteiger partial charge in [-0.2, -0.15) is 0 Å². The van der Waals surface area contributed by atoms with Crippen LogP contribution in [0.25, 0.3) is 0 Å². The minimum Gasteiger partial charge on any atom is -0.379 e. The summed E-state index contributed by atoms with van der Waals surface area (Å²) in [7, 11) is 0. The van der Waals surface area contributed by atoms with E-state index in [0.29, 0.717) is 12.5 Å². The van der Waals surface area contributed by atoms with Crippen molar-refractivity contribution in [2.45, 2.75) is 12.8 Å². The summed E-state index contributed by atoms with van der Waals surface area (Å²) in [5.74, 6) is 0.266. The number of aliphatic imine (C=N–C) groups is 1. The Labute approximate surface area is 154 Å². The van der Waals surface area contributed by atoms with Gasteiger partial charge in [0.2, 0.25) is 0 Å². The van der Waals surface area contributed by atoms with E-state index in [2.05, 4.69) is 15.2 Å². The van der Waals surface area contributed by atoms with Gasteiger partial charge in [0.25, 0.3) is 0 Å². The SMILES string of the molecule is I.NC(=NCCCN1CCOCC1)NCCc1ccc(F)cc1. The quantitative estimate of drug-likeness (QED) is 0.295. The van der Waals surface area contributed by atoms with Gasteiger partial charge in [0.15, 0.2) is 5.96 Å². The average Bonchev–Trinajstić information content (AvgIpc) is 2.54. The number of hydrogen-bond donors (Lipinski definition) is 2. The molecule has 1 heterocycles. The number of morpholine rings is 1. The number of nitrogens with zero attached hydrogens (tertiary/aromatic N) is 2. The maximum atomic E-state index is 12.8. The molecule has 0 bridgehead atoms. The Kier molecular flexibility index (Phi) is 10.1. The Morgan fingerprint density at radius 1 is 1.26 bits per heavy atom. The van der Waals surface area contributed by atoms with Gasteiger partial charge in [0, 0.05) is 32.7 Å². The minimum atomic E-state index is -0.210. The number of nitrogens with two attached hydrogens (primary N) is 1. The predicted molar refractivity (Wildman–Crippen MR) is 102 cm³/mol. The molecule has 0 radical (unpaired) electrons. The molecule has 0 aromatic heterocycles. The molecule has 1 aliphatic rings. The lowest BCUT2D eigenvalue weighted by Gasteiger charge is -2.26. The summed E-state index contributed by atoms with van der Waals surface area (Å²) in [4.78, 5) is 6.71.